The van der Waals surface area contributed by atoms with Crippen LogP contribution in [0.2, 0.25) is 0 Å². The van der Waals surface area contributed by atoms with Crippen molar-refractivity contribution in [2.75, 3.05) is 0 Å². The summed E-state index contributed by atoms with van der Waals surface area (Å²) in [5.74, 6) is -0.0324. The quantitative estimate of drug-likeness (QED) is 0.347. The Hall–Kier alpha value is -3.85. The summed E-state index contributed by atoms with van der Waals surface area (Å²) in [4.78, 5) is 12.2. The minimum atomic E-state index is -0.416. The van der Waals surface area contributed by atoms with Crippen LogP contribution in [-0.4, -0.2) is 10.5 Å². The van der Waals surface area contributed by atoms with Crippen molar-refractivity contribution in [1.82, 2.24) is 4.57 Å². The van der Waals surface area contributed by atoms with E-state index in [1.807, 2.05) is 18.2 Å². The predicted octanol–water partition coefficient (Wildman–Crippen LogP) is 6.53. The van der Waals surface area contributed by atoms with Crippen LogP contribution in [0.25, 0.3) is 32.9 Å². The molecule has 157 valence electrons. The van der Waals surface area contributed by atoms with E-state index >= 15 is 0 Å². The van der Waals surface area contributed by atoms with E-state index in [0.29, 0.717) is 18.0 Å². The Labute approximate surface area is 188 Å². The summed E-state index contributed by atoms with van der Waals surface area (Å²) in [6.07, 6.45) is 0. The van der Waals surface area contributed by atoms with Crippen LogP contribution in [-0.2, 0) is 6.54 Å². The number of amides is 1. The molecule has 0 aliphatic rings. The molecule has 3 heteroatoms. The molecule has 0 saturated carbocycles. The number of nitrogens with two attached hydrogens (primary N) is 1. The van der Waals surface area contributed by atoms with Crippen LogP contribution in [0.4, 0.5) is 0 Å². The smallest absolute Gasteiger partial charge is 0.249 e. The Morgan fingerprint density at radius 1 is 0.938 bits per heavy atom. The van der Waals surface area contributed by atoms with Crippen molar-refractivity contribution in [3.8, 4) is 11.1 Å². The maximum Gasteiger partial charge on any atom is 0.249 e. The molecule has 1 aromatic heterocycles. The molecular weight excluding hydrogens is 392 g/mol. The molecule has 3 nitrogen and oxygen atoms in total. The van der Waals surface area contributed by atoms with E-state index in [9.17, 15) is 4.79 Å². The van der Waals surface area contributed by atoms with E-state index in [1.165, 1.54) is 22.3 Å². The summed E-state index contributed by atoms with van der Waals surface area (Å²) in [5.41, 5.74) is 13.2. The Morgan fingerprint density at radius 3 is 2.44 bits per heavy atom. The van der Waals surface area contributed by atoms with E-state index in [1.54, 1.807) is 6.07 Å². The lowest BCUT2D eigenvalue weighted by Crippen LogP contribution is -2.11. The predicted molar refractivity (Wildman–Crippen MR) is 132 cm³/mol. The molecule has 1 heterocycles. The van der Waals surface area contributed by atoms with Crippen LogP contribution in [0.15, 0.2) is 84.9 Å². The molecule has 32 heavy (non-hydrogen) atoms. The number of nitrogens with zero attached hydrogens (tertiary/aromatic N) is 1. The van der Waals surface area contributed by atoms with E-state index in [4.69, 9.17) is 5.73 Å². The topological polar surface area (TPSA) is 48.0 Å². The average Bonchev–Trinajstić information content (AvgIpc) is 3.13. The molecule has 4 aromatic carbocycles. The molecule has 0 aliphatic carbocycles. The molecule has 0 atom stereocenters. The molecular formula is C29H25N2O. The lowest BCUT2D eigenvalue weighted by atomic mass is 9.99. The van der Waals surface area contributed by atoms with Gasteiger partial charge in [-0.05, 0) is 52.4 Å². The third kappa shape index (κ3) is 3.36. The first-order valence-electron chi connectivity index (χ1n) is 10.9. The van der Waals surface area contributed by atoms with Gasteiger partial charge in [0.2, 0.25) is 5.91 Å². The first kappa shape index (κ1) is 20.1. The fourth-order valence-electron chi connectivity index (χ4n) is 4.51. The average molecular weight is 418 g/mol. The van der Waals surface area contributed by atoms with Gasteiger partial charge in [0.25, 0.3) is 0 Å². The number of benzene rings is 4. The maximum absolute atomic E-state index is 12.2. The molecule has 5 aromatic rings. The third-order valence-corrected chi connectivity index (χ3v) is 6.18. The Bertz CT molecular complexity index is 1440. The first-order valence-corrected chi connectivity index (χ1v) is 10.9. The molecule has 0 saturated heterocycles. The monoisotopic (exact) mass is 417 g/mol. The van der Waals surface area contributed by atoms with Crippen molar-refractivity contribution in [3.05, 3.63) is 108 Å². The normalized spacial score (nSPS) is 11.5. The van der Waals surface area contributed by atoms with Gasteiger partial charge in [0.1, 0.15) is 0 Å². The number of aromatic nitrogens is 1. The van der Waals surface area contributed by atoms with Gasteiger partial charge in [0.05, 0.1) is 11.0 Å². The van der Waals surface area contributed by atoms with Gasteiger partial charge >= 0.3 is 0 Å². The maximum atomic E-state index is 12.2. The summed E-state index contributed by atoms with van der Waals surface area (Å²) < 4.78 is 2.29. The SMILES string of the molecule is CC(C)c1c[c]c2c3c(C(N)=O)cccc3n(Cc3ccccc3-c3ccccc3)c2c1. The van der Waals surface area contributed by atoms with E-state index in [2.05, 4.69) is 85.1 Å². The highest BCUT2D eigenvalue weighted by Gasteiger charge is 2.18. The fraction of sp³-hybridized carbons (Fsp3) is 0.138. The second kappa shape index (κ2) is 8.01. The van der Waals surface area contributed by atoms with Crippen molar-refractivity contribution in [1.29, 1.82) is 0 Å². The van der Waals surface area contributed by atoms with Gasteiger partial charge in [-0.3, -0.25) is 4.79 Å². The lowest BCUT2D eigenvalue weighted by molar-refractivity contribution is 0.100. The van der Waals surface area contributed by atoms with Gasteiger partial charge in [0.15, 0.2) is 0 Å². The second-order valence-electron chi connectivity index (χ2n) is 8.52. The van der Waals surface area contributed by atoms with E-state index < -0.39 is 5.91 Å². The lowest BCUT2D eigenvalue weighted by Gasteiger charge is -2.14. The van der Waals surface area contributed by atoms with Crippen LogP contribution in [0.5, 0.6) is 0 Å². The summed E-state index contributed by atoms with van der Waals surface area (Å²) in [6.45, 7) is 5.05. The number of primary amides is 1. The van der Waals surface area contributed by atoms with Gasteiger partial charge in [-0.25, -0.2) is 0 Å². The van der Waals surface area contributed by atoms with Crippen molar-refractivity contribution in [2.24, 2.45) is 5.73 Å². The largest absolute Gasteiger partial charge is 0.366 e. The van der Waals surface area contributed by atoms with Gasteiger partial charge in [0, 0.05) is 22.9 Å². The minimum Gasteiger partial charge on any atom is -0.366 e. The first-order chi connectivity index (χ1) is 15.5. The highest BCUT2D eigenvalue weighted by molar-refractivity contribution is 6.17. The molecule has 0 bridgehead atoms. The number of hydrogen-bond acceptors (Lipinski definition) is 1. The zero-order chi connectivity index (χ0) is 22.2. The van der Waals surface area contributed by atoms with Crippen molar-refractivity contribution >= 4 is 27.7 Å². The van der Waals surface area contributed by atoms with Crippen LogP contribution >= 0.6 is 0 Å². The number of rotatable bonds is 5. The minimum absolute atomic E-state index is 0.384. The molecule has 5 rings (SSSR count). The molecule has 0 fully saturated rings. The van der Waals surface area contributed by atoms with E-state index in [-0.39, 0.29) is 0 Å². The number of fused-ring (bicyclic) bond motifs is 3. The zero-order valence-corrected chi connectivity index (χ0v) is 18.3. The van der Waals surface area contributed by atoms with Gasteiger partial charge in [-0.1, -0.05) is 80.6 Å². The summed E-state index contributed by atoms with van der Waals surface area (Å²) >= 11 is 0. The standard InChI is InChI=1S/C29H25N2O/c1-19(2)21-15-16-24-27(17-21)31(26-14-8-13-25(28(24)26)29(30)32)18-22-11-6-7-12-23(22)20-9-4-3-5-10-20/h3-15,17,19H,18H2,1-2H3,(H2,30,32). The molecule has 0 unspecified atom stereocenters. The molecule has 0 spiro atoms. The third-order valence-electron chi connectivity index (χ3n) is 6.18. The molecule has 0 aliphatic heterocycles. The highest BCUT2D eigenvalue weighted by atomic mass is 16.1. The van der Waals surface area contributed by atoms with Gasteiger partial charge in [-0.15, -0.1) is 0 Å². The Kier molecular flexibility index (Phi) is 5.02. The molecule has 1 amide bonds. The van der Waals surface area contributed by atoms with Crippen LogP contribution < -0.4 is 5.73 Å². The van der Waals surface area contributed by atoms with Crippen molar-refractivity contribution in [3.63, 3.8) is 0 Å². The Morgan fingerprint density at radius 2 is 1.69 bits per heavy atom. The van der Waals surface area contributed by atoms with Crippen LogP contribution in [0.3, 0.4) is 0 Å². The van der Waals surface area contributed by atoms with Crippen LogP contribution in [0, 0.1) is 6.07 Å². The molecule has 1 radical (unpaired) electrons. The fourth-order valence-corrected chi connectivity index (χ4v) is 4.51. The van der Waals surface area contributed by atoms with Crippen molar-refractivity contribution < 1.29 is 4.79 Å². The van der Waals surface area contributed by atoms with Crippen molar-refractivity contribution in [2.45, 2.75) is 26.3 Å². The summed E-state index contributed by atoms with van der Waals surface area (Å²) in [6, 6.07) is 32.4. The van der Waals surface area contributed by atoms with Gasteiger partial charge < -0.3 is 10.3 Å². The Balaban J connectivity index is 1.78. The number of hydrogen-bond donors (Lipinski definition) is 1. The zero-order valence-electron chi connectivity index (χ0n) is 18.3. The van der Waals surface area contributed by atoms with Crippen LogP contribution in [0.1, 0.15) is 41.3 Å². The summed E-state index contributed by atoms with van der Waals surface area (Å²) in [7, 11) is 0. The number of carbonyl (C=O) groups excluding carboxylic acids is 1. The highest BCUT2D eigenvalue weighted by Crippen LogP contribution is 2.35. The molecule has 2 N–H and O–H groups in total. The second-order valence-corrected chi connectivity index (χ2v) is 8.52. The van der Waals surface area contributed by atoms with Gasteiger partial charge in [-0.2, -0.15) is 0 Å². The van der Waals surface area contributed by atoms with E-state index in [0.717, 1.165) is 21.8 Å². The summed E-state index contributed by atoms with van der Waals surface area (Å²) in [5, 5.41) is 1.82. The number of carbonyl (C=O) groups is 1.